The first-order chi connectivity index (χ1) is 14.0. The van der Waals surface area contributed by atoms with Gasteiger partial charge in [-0.05, 0) is 71.6 Å². The summed E-state index contributed by atoms with van der Waals surface area (Å²) in [5, 5.41) is 27.1. The minimum Gasteiger partial charge on any atom is -0.506 e. The van der Waals surface area contributed by atoms with Crippen LogP contribution in [0.1, 0.15) is 59.8 Å². The molecule has 154 valence electrons. The van der Waals surface area contributed by atoms with Crippen molar-refractivity contribution in [3.63, 3.8) is 0 Å². The highest BCUT2D eigenvalue weighted by Crippen LogP contribution is 2.36. The minimum absolute atomic E-state index is 0.0571. The molecule has 0 saturated heterocycles. The summed E-state index contributed by atoms with van der Waals surface area (Å²) in [6, 6.07) is 8.37. The van der Waals surface area contributed by atoms with Gasteiger partial charge in [-0.3, -0.25) is 4.79 Å². The first-order valence-corrected chi connectivity index (χ1v) is 10.7. The summed E-state index contributed by atoms with van der Waals surface area (Å²) in [5.74, 6) is -0.0409. The van der Waals surface area contributed by atoms with Crippen LogP contribution >= 0.6 is 0 Å². The lowest BCUT2D eigenvalue weighted by molar-refractivity contribution is -0.116. The smallest absolute Gasteiger partial charge is 0.224 e. The van der Waals surface area contributed by atoms with Gasteiger partial charge in [0.2, 0.25) is 5.91 Å². The van der Waals surface area contributed by atoms with Gasteiger partial charge < -0.3 is 20.8 Å². The number of nitrogens with one attached hydrogen (secondary N) is 2. The zero-order valence-corrected chi connectivity index (χ0v) is 17.2. The number of hydrogen-bond donors (Lipinski definition) is 4. The zero-order chi connectivity index (χ0) is 20.5. The minimum atomic E-state index is -0.680. The van der Waals surface area contributed by atoms with Gasteiger partial charge in [0, 0.05) is 19.0 Å². The summed E-state index contributed by atoms with van der Waals surface area (Å²) in [7, 11) is 0. The van der Waals surface area contributed by atoms with E-state index in [-0.39, 0.29) is 11.7 Å². The average Bonchev–Trinajstić information content (AvgIpc) is 3.13. The highest BCUT2D eigenvalue weighted by atomic mass is 16.3. The number of carbonyl (C=O) groups is 1. The van der Waals surface area contributed by atoms with E-state index in [2.05, 4.69) is 36.6 Å². The van der Waals surface area contributed by atoms with Crippen LogP contribution in [0.2, 0.25) is 0 Å². The van der Waals surface area contributed by atoms with Gasteiger partial charge in [0.15, 0.2) is 0 Å². The van der Waals surface area contributed by atoms with E-state index in [0.29, 0.717) is 31.1 Å². The van der Waals surface area contributed by atoms with Crippen molar-refractivity contribution in [3.8, 4) is 5.75 Å². The average molecular weight is 395 g/mol. The third-order valence-electron chi connectivity index (χ3n) is 6.37. The molecule has 4 N–H and O–H groups in total. The van der Waals surface area contributed by atoms with Gasteiger partial charge in [-0.25, -0.2) is 0 Å². The van der Waals surface area contributed by atoms with Crippen LogP contribution in [0, 0.1) is 0 Å². The molecule has 0 fully saturated rings. The Morgan fingerprint density at radius 3 is 2.38 bits per heavy atom. The van der Waals surface area contributed by atoms with Crippen LogP contribution < -0.4 is 10.6 Å². The summed E-state index contributed by atoms with van der Waals surface area (Å²) in [6.07, 6.45) is 4.34. The largest absolute Gasteiger partial charge is 0.506 e. The van der Waals surface area contributed by atoms with Crippen molar-refractivity contribution in [1.82, 2.24) is 5.32 Å². The summed E-state index contributed by atoms with van der Waals surface area (Å²) in [4.78, 5) is 11.7. The molecule has 1 atom stereocenters. The molecule has 0 aromatic heterocycles. The third kappa shape index (κ3) is 3.89. The summed E-state index contributed by atoms with van der Waals surface area (Å²) in [6.45, 7) is 4.87. The first kappa shape index (κ1) is 19.9. The van der Waals surface area contributed by atoms with E-state index >= 15 is 0 Å². The monoisotopic (exact) mass is 394 g/mol. The number of amides is 1. The Morgan fingerprint density at radius 1 is 1.10 bits per heavy atom. The standard InChI is InChI=1S/C24H30N2O3/c1-3-14-9-16-11-18(12-17(16)10-15(14)4-2)25-13-22(28)19-5-7-21(27)24-20(19)6-8-23(29)26-24/h5,7,9-10,18,22,25,27-28H,3-4,6,8,11-13H2,1-2H3,(H,26,29)/t22-/m1/s1. The number of aliphatic hydroxyl groups is 1. The number of carbonyl (C=O) groups excluding carboxylic acids is 1. The SMILES string of the molecule is CCc1cc2c(cc1CC)CC(NC[C@@H](O)c1ccc(O)c3c1CCC(=O)N3)C2. The molecule has 0 bridgehead atoms. The molecule has 1 heterocycles. The maximum absolute atomic E-state index is 11.7. The number of rotatable bonds is 6. The second-order valence-electron chi connectivity index (χ2n) is 8.20. The number of aryl methyl sites for hydroxylation is 2. The Hall–Kier alpha value is -2.37. The van der Waals surface area contributed by atoms with Gasteiger partial charge in [0.1, 0.15) is 5.75 Å². The van der Waals surface area contributed by atoms with Gasteiger partial charge in [0.25, 0.3) is 0 Å². The maximum atomic E-state index is 11.7. The highest BCUT2D eigenvalue weighted by Gasteiger charge is 2.26. The Kier molecular flexibility index (Phi) is 5.61. The van der Waals surface area contributed by atoms with Crippen molar-refractivity contribution in [2.24, 2.45) is 0 Å². The lowest BCUT2D eigenvalue weighted by Gasteiger charge is -2.24. The Balaban J connectivity index is 1.44. The predicted molar refractivity (Wildman–Crippen MR) is 114 cm³/mol. The van der Waals surface area contributed by atoms with Gasteiger partial charge >= 0.3 is 0 Å². The van der Waals surface area contributed by atoms with Crippen LogP contribution in [-0.2, 0) is 36.9 Å². The van der Waals surface area contributed by atoms with Crippen LogP contribution in [0.3, 0.4) is 0 Å². The van der Waals surface area contributed by atoms with E-state index in [0.717, 1.165) is 36.8 Å². The van der Waals surface area contributed by atoms with Crippen molar-refractivity contribution >= 4 is 11.6 Å². The topological polar surface area (TPSA) is 81.6 Å². The number of phenolic OH excluding ortho intramolecular Hbond substituents is 1. The maximum Gasteiger partial charge on any atom is 0.224 e. The van der Waals surface area contributed by atoms with Crippen LogP contribution in [0.5, 0.6) is 5.75 Å². The molecule has 4 rings (SSSR count). The van der Waals surface area contributed by atoms with Crippen LogP contribution in [0.15, 0.2) is 24.3 Å². The van der Waals surface area contributed by atoms with Crippen LogP contribution in [0.25, 0.3) is 0 Å². The van der Waals surface area contributed by atoms with E-state index in [1.807, 2.05) is 0 Å². The third-order valence-corrected chi connectivity index (χ3v) is 6.37. The zero-order valence-electron chi connectivity index (χ0n) is 17.2. The number of benzene rings is 2. The Morgan fingerprint density at radius 2 is 1.76 bits per heavy atom. The second-order valence-corrected chi connectivity index (χ2v) is 8.20. The molecule has 5 nitrogen and oxygen atoms in total. The molecule has 5 heteroatoms. The fourth-order valence-corrected chi connectivity index (χ4v) is 4.78. The van der Waals surface area contributed by atoms with Crippen molar-refractivity contribution in [2.75, 3.05) is 11.9 Å². The first-order valence-electron chi connectivity index (χ1n) is 10.7. The molecule has 2 aromatic rings. The van der Waals surface area contributed by atoms with Crippen LogP contribution in [-0.4, -0.2) is 28.7 Å². The van der Waals surface area contributed by atoms with Gasteiger partial charge in [-0.2, -0.15) is 0 Å². The van der Waals surface area contributed by atoms with Crippen molar-refractivity contribution in [3.05, 3.63) is 57.6 Å². The summed E-state index contributed by atoms with van der Waals surface area (Å²) in [5.41, 5.74) is 7.82. The Bertz CT molecular complexity index is 905. The molecule has 2 aliphatic rings. The normalized spacial score (nSPS) is 17.0. The quantitative estimate of drug-likeness (QED) is 0.567. The van der Waals surface area contributed by atoms with E-state index in [9.17, 15) is 15.0 Å². The lowest BCUT2D eigenvalue weighted by atomic mass is 9.93. The molecule has 0 radical (unpaired) electrons. The van der Waals surface area contributed by atoms with Crippen molar-refractivity contribution in [2.45, 2.75) is 64.5 Å². The number of fused-ring (bicyclic) bond motifs is 2. The molecule has 0 spiro atoms. The molecule has 1 aliphatic heterocycles. The molecular formula is C24H30N2O3. The van der Waals surface area contributed by atoms with Crippen molar-refractivity contribution < 1.29 is 15.0 Å². The van der Waals surface area contributed by atoms with Gasteiger partial charge in [-0.1, -0.05) is 32.0 Å². The summed E-state index contributed by atoms with van der Waals surface area (Å²) >= 11 is 0. The summed E-state index contributed by atoms with van der Waals surface area (Å²) < 4.78 is 0. The molecule has 0 unspecified atom stereocenters. The number of aliphatic hydroxyl groups excluding tert-OH is 1. The number of anilines is 1. The van der Waals surface area contributed by atoms with E-state index < -0.39 is 6.10 Å². The molecule has 2 aromatic carbocycles. The predicted octanol–water partition coefficient (Wildman–Crippen LogP) is 3.19. The number of hydrogen-bond acceptors (Lipinski definition) is 4. The molecular weight excluding hydrogens is 364 g/mol. The molecule has 0 saturated carbocycles. The van der Waals surface area contributed by atoms with Crippen molar-refractivity contribution in [1.29, 1.82) is 0 Å². The van der Waals surface area contributed by atoms with Crippen LogP contribution in [0.4, 0.5) is 5.69 Å². The van der Waals surface area contributed by atoms with E-state index in [1.54, 1.807) is 12.1 Å². The highest BCUT2D eigenvalue weighted by molar-refractivity contribution is 5.96. The van der Waals surface area contributed by atoms with E-state index in [1.165, 1.54) is 22.3 Å². The van der Waals surface area contributed by atoms with E-state index in [4.69, 9.17) is 0 Å². The molecule has 1 amide bonds. The molecule has 29 heavy (non-hydrogen) atoms. The Labute approximate surface area is 172 Å². The molecule has 1 aliphatic carbocycles. The fraction of sp³-hybridized carbons (Fsp3) is 0.458. The van der Waals surface area contributed by atoms with Gasteiger partial charge in [-0.15, -0.1) is 0 Å². The fourth-order valence-electron chi connectivity index (χ4n) is 4.78. The van der Waals surface area contributed by atoms with Gasteiger partial charge in [0.05, 0.1) is 11.8 Å². The lowest BCUT2D eigenvalue weighted by Crippen LogP contribution is -2.33. The number of aromatic hydroxyl groups is 1. The second kappa shape index (κ2) is 8.17. The number of phenols is 1.